The van der Waals surface area contributed by atoms with Crippen molar-refractivity contribution in [3.05, 3.63) is 59.7 Å². The lowest BCUT2D eigenvalue weighted by molar-refractivity contribution is -0.119. The number of Topliss-reactive ketones (excluding diaryl/α,β-unsaturated/α-hetero) is 1. The van der Waals surface area contributed by atoms with E-state index in [1.54, 1.807) is 0 Å². The summed E-state index contributed by atoms with van der Waals surface area (Å²) in [6.07, 6.45) is 17.9. The second-order valence-electron chi connectivity index (χ2n) is 12.9. The van der Waals surface area contributed by atoms with Crippen molar-refractivity contribution >= 4 is 29.0 Å². The van der Waals surface area contributed by atoms with Gasteiger partial charge < -0.3 is 9.47 Å². The van der Waals surface area contributed by atoms with Crippen LogP contribution in [0.15, 0.2) is 48.5 Å². The summed E-state index contributed by atoms with van der Waals surface area (Å²) in [6.45, 7) is 1.62. The van der Waals surface area contributed by atoms with Crippen LogP contribution in [0.2, 0.25) is 0 Å². The molecule has 4 rings (SSSR count). The van der Waals surface area contributed by atoms with E-state index in [1.165, 1.54) is 75.3 Å². The number of hydrogen-bond acceptors (Lipinski definition) is 3. The maximum Gasteiger partial charge on any atom is 0.133 e. The van der Waals surface area contributed by atoms with Gasteiger partial charge in [0.15, 0.2) is 0 Å². The zero-order valence-corrected chi connectivity index (χ0v) is 27.1. The average molecular weight is 616 g/mol. The molecule has 2 fully saturated rings. The minimum absolute atomic E-state index is 0.318. The molecule has 0 amide bonds. The minimum atomic E-state index is 0.318. The normalized spacial score (nSPS) is 22.5. The van der Waals surface area contributed by atoms with Crippen LogP contribution in [0.1, 0.15) is 101 Å². The summed E-state index contributed by atoms with van der Waals surface area (Å²) in [6, 6.07) is 16.7. The molecule has 0 atom stereocenters. The van der Waals surface area contributed by atoms with Crippen molar-refractivity contribution in [3.63, 3.8) is 0 Å². The first-order chi connectivity index (χ1) is 20.6. The van der Waals surface area contributed by atoms with Crippen molar-refractivity contribution in [1.82, 2.24) is 0 Å². The summed E-state index contributed by atoms with van der Waals surface area (Å²) < 4.78 is 12.2. The zero-order valence-electron chi connectivity index (χ0n) is 25.6. The second kappa shape index (κ2) is 18.8. The van der Waals surface area contributed by atoms with Crippen molar-refractivity contribution in [2.45, 2.75) is 103 Å². The second-order valence-corrected chi connectivity index (χ2v) is 13.6. The van der Waals surface area contributed by atoms with Crippen LogP contribution < -0.4 is 9.47 Å². The summed E-state index contributed by atoms with van der Waals surface area (Å²) in [4.78, 5) is 12.6. The third kappa shape index (κ3) is 12.1. The van der Waals surface area contributed by atoms with Gasteiger partial charge in [-0.15, -0.1) is 23.2 Å². The van der Waals surface area contributed by atoms with Crippen molar-refractivity contribution in [1.29, 1.82) is 0 Å². The Balaban J connectivity index is 1.06. The molecule has 2 saturated carbocycles. The number of rotatable bonds is 18. The topological polar surface area (TPSA) is 35.5 Å². The van der Waals surface area contributed by atoms with Gasteiger partial charge in [-0.25, -0.2) is 0 Å². The number of ketones is 1. The fraction of sp³-hybridized carbons (Fsp3) is 0.649. The summed E-state index contributed by atoms with van der Waals surface area (Å²) in [5.41, 5.74) is 2.39. The lowest BCUT2D eigenvalue weighted by Gasteiger charge is -2.28. The van der Waals surface area contributed by atoms with Crippen LogP contribution in [0.25, 0.3) is 0 Å². The SMILES string of the molecule is O=C(CCc1ccc(OCC2CCC(CCCCl)CC2)cc1)CCc1ccc(OCC2CCC(CCCCl)CC2)cc1. The Hall–Kier alpha value is -1.71. The highest BCUT2D eigenvalue weighted by molar-refractivity contribution is 6.18. The molecule has 0 N–H and O–H groups in total. The fourth-order valence-electron chi connectivity index (χ4n) is 6.73. The van der Waals surface area contributed by atoms with Gasteiger partial charge in [0.1, 0.15) is 17.3 Å². The predicted molar refractivity (Wildman–Crippen MR) is 176 cm³/mol. The van der Waals surface area contributed by atoms with E-state index in [1.807, 2.05) is 0 Å². The molecule has 2 aromatic rings. The van der Waals surface area contributed by atoms with Crippen LogP contribution in [0.4, 0.5) is 0 Å². The highest BCUT2D eigenvalue weighted by atomic mass is 35.5. The smallest absolute Gasteiger partial charge is 0.133 e. The zero-order chi connectivity index (χ0) is 29.4. The molecule has 0 saturated heterocycles. The molecule has 0 radical (unpaired) electrons. The van der Waals surface area contributed by atoms with Gasteiger partial charge in [-0.2, -0.15) is 0 Å². The molecule has 0 aromatic heterocycles. The lowest BCUT2D eigenvalue weighted by Crippen LogP contribution is -2.20. The Kier molecular flexibility index (Phi) is 14.9. The molecule has 0 spiro atoms. The number of ether oxygens (including phenoxy) is 2. The molecule has 2 aromatic carbocycles. The number of carbonyl (C=O) groups is 1. The van der Waals surface area contributed by atoms with E-state index >= 15 is 0 Å². The maximum atomic E-state index is 12.6. The van der Waals surface area contributed by atoms with Gasteiger partial charge in [-0.1, -0.05) is 49.9 Å². The van der Waals surface area contributed by atoms with Gasteiger partial charge in [0.05, 0.1) is 13.2 Å². The van der Waals surface area contributed by atoms with Crippen molar-refractivity contribution < 1.29 is 14.3 Å². The number of hydrogen-bond donors (Lipinski definition) is 0. The van der Waals surface area contributed by atoms with E-state index in [9.17, 15) is 4.79 Å². The molecule has 3 nitrogen and oxygen atoms in total. The Morgan fingerprint density at radius 3 is 1.29 bits per heavy atom. The quantitative estimate of drug-likeness (QED) is 0.157. The van der Waals surface area contributed by atoms with Gasteiger partial charge in [0.2, 0.25) is 0 Å². The maximum absolute atomic E-state index is 12.6. The van der Waals surface area contributed by atoms with Gasteiger partial charge in [0.25, 0.3) is 0 Å². The first kappa shape index (κ1) is 33.2. The van der Waals surface area contributed by atoms with E-state index in [2.05, 4.69) is 48.5 Å². The Labute approximate surface area is 265 Å². The fourth-order valence-corrected chi connectivity index (χ4v) is 7.04. The lowest BCUT2D eigenvalue weighted by atomic mass is 9.80. The number of aryl methyl sites for hydroxylation is 2. The van der Waals surface area contributed by atoms with Gasteiger partial charge in [-0.05, 0) is 123 Å². The number of halogens is 2. The third-order valence-corrected chi connectivity index (χ3v) is 10.2. The molecule has 42 heavy (non-hydrogen) atoms. The molecular weight excluding hydrogens is 563 g/mol. The van der Waals surface area contributed by atoms with E-state index in [0.29, 0.717) is 30.5 Å². The van der Waals surface area contributed by atoms with Gasteiger partial charge in [0, 0.05) is 24.6 Å². The van der Waals surface area contributed by atoms with Crippen LogP contribution in [0, 0.1) is 23.7 Å². The van der Waals surface area contributed by atoms with E-state index in [4.69, 9.17) is 32.7 Å². The third-order valence-electron chi connectivity index (χ3n) is 9.63. The van der Waals surface area contributed by atoms with E-state index in [0.717, 1.165) is 74.0 Å². The molecule has 5 heteroatoms. The van der Waals surface area contributed by atoms with Gasteiger partial charge >= 0.3 is 0 Å². The van der Waals surface area contributed by atoms with Crippen molar-refractivity contribution in [2.24, 2.45) is 23.7 Å². The molecule has 2 aliphatic carbocycles. The average Bonchev–Trinajstić information content (AvgIpc) is 3.04. The van der Waals surface area contributed by atoms with Crippen LogP contribution in [-0.4, -0.2) is 30.8 Å². The Morgan fingerprint density at radius 1 is 0.571 bits per heavy atom. The van der Waals surface area contributed by atoms with Crippen LogP contribution >= 0.6 is 23.2 Å². The van der Waals surface area contributed by atoms with E-state index < -0.39 is 0 Å². The first-order valence-corrected chi connectivity index (χ1v) is 17.7. The standard InChI is InChI=1S/C37H52Cl2O3/c38-25-1-3-29-5-9-33(10-6-29)27-41-36-21-15-31(16-22-36)13-19-35(40)20-14-32-17-23-37(24-18-32)42-28-34-11-7-30(8-12-34)4-2-26-39/h15-18,21-24,29-30,33-34H,1-14,19-20,25-28H2. The monoisotopic (exact) mass is 614 g/mol. The number of carbonyl (C=O) groups excluding carboxylic acids is 1. The van der Waals surface area contributed by atoms with Crippen LogP contribution in [0.3, 0.4) is 0 Å². The highest BCUT2D eigenvalue weighted by Gasteiger charge is 2.22. The minimum Gasteiger partial charge on any atom is -0.493 e. The predicted octanol–water partition coefficient (Wildman–Crippen LogP) is 10.2. The van der Waals surface area contributed by atoms with Crippen molar-refractivity contribution in [2.75, 3.05) is 25.0 Å². The molecule has 0 heterocycles. The first-order valence-electron chi connectivity index (χ1n) is 16.7. The number of benzene rings is 2. The number of alkyl halides is 2. The highest BCUT2D eigenvalue weighted by Crippen LogP contribution is 2.33. The Bertz CT molecular complexity index is 925. The molecule has 0 bridgehead atoms. The van der Waals surface area contributed by atoms with Gasteiger partial charge in [-0.3, -0.25) is 4.79 Å². The summed E-state index contributed by atoms with van der Waals surface area (Å²) >= 11 is 11.7. The van der Waals surface area contributed by atoms with Crippen LogP contribution in [-0.2, 0) is 17.6 Å². The molecule has 0 unspecified atom stereocenters. The van der Waals surface area contributed by atoms with Crippen LogP contribution in [0.5, 0.6) is 11.5 Å². The summed E-state index contributed by atoms with van der Waals surface area (Å²) in [5.74, 6) is 6.82. The summed E-state index contributed by atoms with van der Waals surface area (Å²) in [5, 5.41) is 0. The molecule has 2 aliphatic rings. The summed E-state index contributed by atoms with van der Waals surface area (Å²) in [7, 11) is 0. The Morgan fingerprint density at radius 2 is 0.929 bits per heavy atom. The molecular formula is C37H52Cl2O3. The molecule has 0 aliphatic heterocycles. The molecule has 232 valence electrons. The van der Waals surface area contributed by atoms with Crippen molar-refractivity contribution in [3.8, 4) is 11.5 Å². The largest absolute Gasteiger partial charge is 0.493 e. The van der Waals surface area contributed by atoms with E-state index in [-0.39, 0.29) is 0 Å².